The Morgan fingerprint density at radius 1 is 1.17 bits per heavy atom. The lowest BCUT2D eigenvalue weighted by atomic mass is 9.44. The molecule has 4 aliphatic rings. The van der Waals surface area contributed by atoms with E-state index in [2.05, 4.69) is 13.8 Å². The quantitative estimate of drug-likeness (QED) is 0.574. The highest BCUT2D eigenvalue weighted by molar-refractivity contribution is 5.97. The van der Waals surface area contributed by atoms with Crippen molar-refractivity contribution in [2.45, 2.75) is 58.8 Å². The van der Waals surface area contributed by atoms with E-state index in [1.165, 1.54) is 0 Å². The Kier molecular flexibility index (Phi) is 3.38. The zero-order chi connectivity index (χ0) is 16.4. The molecule has 0 saturated heterocycles. The van der Waals surface area contributed by atoms with E-state index in [1.54, 1.807) is 6.08 Å². The Bertz CT molecular complexity index is 603. The second-order valence-corrected chi connectivity index (χ2v) is 8.77. The van der Waals surface area contributed by atoms with Crippen LogP contribution in [0.15, 0.2) is 23.8 Å². The van der Waals surface area contributed by atoms with Gasteiger partial charge in [-0.25, -0.2) is 0 Å². The number of hydrogen-bond donors (Lipinski definition) is 0. The van der Waals surface area contributed by atoms with Crippen molar-refractivity contribution in [1.29, 1.82) is 0 Å². The van der Waals surface area contributed by atoms with Gasteiger partial charge in [0.25, 0.3) is 6.08 Å². The molecule has 0 aromatic heterocycles. The molecular formula is C20H26F2O. The van der Waals surface area contributed by atoms with Crippen molar-refractivity contribution < 1.29 is 13.6 Å². The molecule has 4 aliphatic carbocycles. The average Bonchev–Trinajstić information content (AvgIpc) is 2.81. The molecule has 0 aromatic carbocycles. The molecule has 0 aliphatic heterocycles. The Hall–Kier alpha value is -0.990. The van der Waals surface area contributed by atoms with Crippen molar-refractivity contribution >= 4 is 5.78 Å². The molecule has 126 valence electrons. The monoisotopic (exact) mass is 320 g/mol. The summed E-state index contributed by atoms with van der Waals surface area (Å²) in [6.45, 7) is 4.32. The molecule has 4 rings (SSSR count). The molecule has 1 nitrogen and oxygen atoms in total. The smallest absolute Gasteiger partial charge is 0.269 e. The maximum atomic E-state index is 13.7. The van der Waals surface area contributed by atoms with Crippen LogP contribution in [0.3, 0.4) is 0 Å². The molecule has 1 unspecified atom stereocenters. The van der Waals surface area contributed by atoms with Gasteiger partial charge < -0.3 is 0 Å². The van der Waals surface area contributed by atoms with Crippen LogP contribution in [0.1, 0.15) is 58.8 Å². The zero-order valence-corrected chi connectivity index (χ0v) is 14.1. The number of rotatable bonds is 0. The molecule has 0 heterocycles. The molecule has 3 fully saturated rings. The van der Waals surface area contributed by atoms with E-state index in [0.29, 0.717) is 17.9 Å². The van der Waals surface area contributed by atoms with Gasteiger partial charge in [-0.05, 0) is 72.8 Å². The maximum absolute atomic E-state index is 13.7. The number of hydrogen-bond acceptors (Lipinski definition) is 1. The first kappa shape index (κ1) is 15.5. The normalized spacial score (nSPS) is 48.7. The molecule has 23 heavy (non-hydrogen) atoms. The predicted octanol–water partition coefficient (Wildman–Crippen LogP) is 5.52. The zero-order valence-electron chi connectivity index (χ0n) is 14.1. The van der Waals surface area contributed by atoms with Gasteiger partial charge in [-0.15, -0.1) is 0 Å². The number of carbonyl (C=O) groups is 1. The van der Waals surface area contributed by atoms with Gasteiger partial charge in [-0.2, -0.15) is 8.78 Å². The summed E-state index contributed by atoms with van der Waals surface area (Å²) in [5.41, 5.74) is 0.0861. The van der Waals surface area contributed by atoms with Gasteiger partial charge in [-0.3, -0.25) is 4.79 Å². The molecule has 0 amide bonds. The highest BCUT2D eigenvalue weighted by Crippen LogP contribution is 2.65. The van der Waals surface area contributed by atoms with E-state index in [0.717, 1.165) is 38.5 Å². The molecule has 6 atom stereocenters. The summed E-state index contributed by atoms with van der Waals surface area (Å²) in [4.78, 5) is 12.3. The van der Waals surface area contributed by atoms with Gasteiger partial charge in [0.15, 0.2) is 5.78 Å². The second kappa shape index (κ2) is 5.00. The van der Waals surface area contributed by atoms with Crippen LogP contribution in [0.4, 0.5) is 8.78 Å². The SMILES string of the molecule is C[C@]12CCCCC1C(=C(F)F)C[C@@H]1[C@@H]2CC[C@]2(C)C(=O)C=C[C@@H]12. The molecule has 3 saturated carbocycles. The number of halogens is 2. The van der Waals surface area contributed by atoms with Crippen molar-refractivity contribution in [3.63, 3.8) is 0 Å². The summed E-state index contributed by atoms with van der Waals surface area (Å²) < 4.78 is 27.5. The summed E-state index contributed by atoms with van der Waals surface area (Å²) in [6.07, 6.45) is 9.00. The fourth-order valence-corrected chi connectivity index (χ4v) is 6.65. The molecular weight excluding hydrogens is 294 g/mol. The molecule has 0 aromatic rings. The second-order valence-electron chi connectivity index (χ2n) is 8.77. The van der Waals surface area contributed by atoms with E-state index in [9.17, 15) is 13.6 Å². The summed E-state index contributed by atoms with van der Waals surface area (Å²) in [6, 6.07) is 0. The maximum Gasteiger partial charge on any atom is 0.269 e. The van der Waals surface area contributed by atoms with Crippen molar-refractivity contribution in [1.82, 2.24) is 0 Å². The summed E-state index contributed by atoms with van der Waals surface area (Å²) >= 11 is 0. The van der Waals surface area contributed by atoms with Crippen molar-refractivity contribution in [2.24, 2.45) is 34.5 Å². The van der Waals surface area contributed by atoms with E-state index >= 15 is 0 Å². The van der Waals surface area contributed by atoms with Crippen LogP contribution in [0.5, 0.6) is 0 Å². The van der Waals surface area contributed by atoms with Crippen molar-refractivity contribution in [3.8, 4) is 0 Å². The van der Waals surface area contributed by atoms with Crippen LogP contribution in [-0.4, -0.2) is 5.78 Å². The predicted molar refractivity (Wildman–Crippen MR) is 85.9 cm³/mol. The summed E-state index contributed by atoms with van der Waals surface area (Å²) in [5, 5.41) is 0. The topological polar surface area (TPSA) is 17.1 Å². The van der Waals surface area contributed by atoms with E-state index < -0.39 is 6.08 Å². The lowest BCUT2D eigenvalue weighted by Gasteiger charge is -2.59. The number of ketones is 1. The van der Waals surface area contributed by atoms with Crippen LogP contribution in [-0.2, 0) is 4.79 Å². The van der Waals surface area contributed by atoms with E-state index in [-0.39, 0.29) is 34.4 Å². The van der Waals surface area contributed by atoms with Crippen LogP contribution >= 0.6 is 0 Å². The molecule has 0 bridgehead atoms. The molecule has 3 heteroatoms. The van der Waals surface area contributed by atoms with Crippen molar-refractivity contribution in [3.05, 3.63) is 23.8 Å². The highest BCUT2D eigenvalue weighted by atomic mass is 19.3. The van der Waals surface area contributed by atoms with Gasteiger partial charge in [-0.1, -0.05) is 32.8 Å². The minimum atomic E-state index is -1.44. The summed E-state index contributed by atoms with van der Waals surface area (Å²) in [7, 11) is 0. The number of fused-ring (bicyclic) bond motifs is 5. The van der Waals surface area contributed by atoms with Gasteiger partial charge >= 0.3 is 0 Å². The van der Waals surface area contributed by atoms with Gasteiger partial charge in [0.2, 0.25) is 0 Å². The van der Waals surface area contributed by atoms with Gasteiger partial charge in [0, 0.05) is 5.41 Å². The fraction of sp³-hybridized carbons (Fsp3) is 0.750. The van der Waals surface area contributed by atoms with Crippen LogP contribution in [0, 0.1) is 34.5 Å². The van der Waals surface area contributed by atoms with Crippen LogP contribution < -0.4 is 0 Å². The fourth-order valence-electron chi connectivity index (χ4n) is 6.65. The lowest BCUT2D eigenvalue weighted by Crippen LogP contribution is -2.53. The van der Waals surface area contributed by atoms with Crippen LogP contribution in [0.2, 0.25) is 0 Å². The molecule has 0 spiro atoms. The summed E-state index contributed by atoms with van der Waals surface area (Å²) in [5.74, 6) is 1.13. The third kappa shape index (κ3) is 1.97. The van der Waals surface area contributed by atoms with E-state index in [4.69, 9.17) is 0 Å². The number of carbonyl (C=O) groups excluding carboxylic acids is 1. The Morgan fingerprint density at radius 2 is 1.96 bits per heavy atom. The molecule has 0 N–H and O–H groups in total. The average molecular weight is 320 g/mol. The Morgan fingerprint density at radius 3 is 2.70 bits per heavy atom. The van der Waals surface area contributed by atoms with Crippen LogP contribution in [0.25, 0.3) is 0 Å². The van der Waals surface area contributed by atoms with Gasteiger partial charge in [0.05, 0.1) is 0 Å². The van der Waals surface area contributed by atoms with E-state index in [1.807, 2.05) is 6.08 Å². The van der Waals surface area contributed by atoms with Crippen molar-refractivity contribution in [2.75, 3.05) is 0 Å². The minimum absolute atomic E-state index is 0.000732. The minimum Gasteiger partial charge on any atom is -0.294 e. The van der Waals surface area contributed by atoms with Gasteiger partial charge in [0.1, 0.15) is 0 Å². The molecule has 0 radical (unpaired) electrons. The Labute approximate surface area is 137 Å². The Balaban J connectivity index is 1.78. The first-order valence-electron chi connectivity index (χ1n) is 9.14. The first-order chi connectivity index (χ1) is 10.9. The first-order valence-corrected chi connectivity index (χ1v) is 9.14. The third-order valence-corrected chi connectivity index (χ3v) is 7.93. The standard InChI is InChI=1S/C20H26F2O/c1-19-9-4-3-5-14(19)13(18(21)22)11-12-15-6-7-17(23)20(15,2)10-8-16(12)19/h6-7,12,14-16H,3-5,8-11H2,1-2H3/t12-,14?,15-,16-,19-,20-/m0/s1. The largest absolute Gasteiger partial charge is 0.294 e. The lowest BCUT2D eigenvalue weighted by molar-refractivity contribution is -0.133. The highest BCUT2D eigenvalue weighted by Gasteiger charge is 2.60. The number of allylic oxidation sites excluding steroid dienone is 3. The third-order valence-electron chi connectivity index (χ3n) is 7.93.